The van der Waals surface area contributed by atoms with Crippen molar-refractivity contribution in [1.82, 2.24) is 0 Å². The summed E-state index contributed by atoms with van der Waals surface area (Å²) in [5.74, 6) is 13.4. The topological polar surface area (TPSA) is 0 Å². The van der Waals surface area contributed by atoms with E-state index < -0.39 is 0 Å². The van der Waals surface area contributed by atoms with Crippen LogP contribution in [0.25, 0.3) is 0 Å². The van der Waals surface area contributed by atoms with E-state index in [1.807, 2.05) is 0 Å². The molecule has 0 heterocycles. The molecule has 0 amide bonds. The Morgan fingerprint density at radius 2 is 0.761 bits per heavy atom. The molecule has 2 aliphatic rings. The second-order valence-electron chi connectivity index (χ2n) is 23.9. The zero-order chi connectivity index (χ0) is 49.2. The Bertz CT molecular complexity index is 1160. The van der Waals surface area contributed by atoms with Gasteiger partial charge in [0.05, 0.1) is 0 Å². The molecule has 2 fully saturated rings. The van der Waals surface area contributed by atoms with E-state index in [2.05, 4.69) is 157 Å². The van der Waals surface area contributed by atoms with E-state index in [1.54, 1.807) is 0 Å². The van der Waals surface area contributed by atoms with Crippen LogP contribution in [0, 0.1) is 46.3 Å². The molecule has 0 nitrogen and oxygen atoms in total. The van der Waals surface area contributed by atoms with Gasteiger partial charge in [0.25, 0.3) is 0 Å². The molecule has 2 saturated carbocycles. The lowest BCUT2D eigenvalue weighted by atomic mass is 9.72. The summed E-state index contributed by atoms with van der Waals surface area (Å²) in [4.78, 5) is 0. The Morgan fingerprint density at radius 3 is 1.13 bits per heavy atom. The molecule has 7 heteroatoms. The van der Waals surface area contributed by atoms with E-state index in [0.29, 0.717) is 10.8 Å². The Labute approximate surface area is 453 Å². The van der Waals surface area contributed by atoms with Crippen LogP contribution in [0.1, 0.15) is 228 Å². The van der Waals surface area contributed by atoms with Gasteiger partial charge in [0.1, 0.15) is 0 Å². The molecule has 0 aromatic carbocycles. The van der Waals surface area contributed by atoms with Gasteiger partial charge < -0.3 is 0 Å². The van der Waals surface area contributed by atoms with Crippen molar-refractivity contribution >= 4 is 83.2 Å². The van der Waals surface area contributed by atoms with Crippen LogP contribution >= 0.6 is 83.2 Å². The number of thioether (sulfide) groups is 6. The smallest absolute Gasteiger partial charge is 0.0113 e. The second kappa shape index (κ2) is 40.3. The van der Waals surface area contributed by atoms with Crippen molar-refractivity contribution in [1.29, 1.82) is 0 Å². The van der Waals surface area contributed by atoms with Crippen LogP contribution in [0.3, 0.4) is 0 Å². The van der Waals surface area contributed by atoms with Crippen LogP contribution in [0.5, 0.6) is 0 Å². The minimum atomic E-state index is 0.354. The first-order valence-corrected chi connectivity index (χ1v) is 36.1. The molecular weight excluding hydrogens is 945 g/mol. The highest BCUT2D eigenvalue weighted by Crippen LogP contribution is 2.42. The summed E-state index contributed by atoms with van der Waals surface area (Å²) in [5.41, 5.74) is 0.717. The summed E-state index contributed by atoms with van der Waals surface area (Å²) in [6.07, 6.45) is 48.8. The second-order valence-corrected chi connectivity index (χ2v) is 31.4. The highest BCUT2D eigenvalue weighted by Gasteiger charge is 2.32. The molecule has 2 aliphatic carbocycles. The molecule has 0 N–H and O–H groups in total. The maximum Gasteiger partial charge on any atom is 0.0113 e. The van der Waals surface area contributed by atoms with Crippen LogP contribution in [0.15, 0.2) is 25.3 Å². The molecule has 0 aromatic rings. The van der Waals surface area contributed by atoms with Crippen molar-refractivity contribution < 1.29 is 0 Å². The average Bonchev–Trinajstić information content (AvgIpc) is 3.28. The molecule has 10 atom stereocenters. The molecule has 0 aromatic heterocycles. The number of thiol groups is 1. The fourth-order valence-corrected chi connectivity index (χ4v) is 18.8. The fraction of sp³-hybridized carbons (Fsp3) is 0.933. The quantitative estimate of drug-likeness (QED) is 0.0608. The van der Waals surface area contributed by atoms with Crippen molar-refractivity contribution in [2.45, 2.75) is 249 Å². The minimum Gasteiger partial charge on any atom is -0.179 e. The third-order valence-electron chi connectivity index (χ3n) is 16.0. The summed E-state index contributed by atoms with van der Waals surface area (Å²) >= 11 is 18.7. The van der Waals surface area contributed by atoms with Gasteiger partial charge in [-0.05, 0) is 171 Å². The highest BCUT2D eigenvalue weighted by atomic mass is 32.2. The maximum absolute atomic E-state index is 5.16. The van der Waals surface area contributed by atoms with Crippen molar-refractivity contribution in [3.8, 4) is 0 Å². The molecule has 0 saturated heterocycles. The first-order valence-electron chi connectivity index (χ1n) is 28.5. The third kappa shape index (κ3) is 32.1. The van der Waals surface area contributed by atoms with E-state index in [1.165, 1.54) is 203 Å². The molecule has 67 heavy (non-hydrogen) atoms. The van der Waals surface area contributed by atoms with Gasteiger partial charge in [0.15, 0.2) is 0 Å². The zero-order valence-electron chi connectivity index (χ0n) is 46.0. The van der Waals surface area contributed by atoms with Gasteiger partial charge in [-0.1, -0.05) is 157 Å². The van der Waals surface area contributed by atoms with Crippen LogP contribution in [0.4, 0.5) is 0 Å². The molecule has 2 rings (SSSR count). The van der Waals surface area contributed by atoms with E-state index in [9.17, 15) is 0 Å². The molecule has 0 radical (unpaired) electrons. The monoisotopic (exact) mass is 1060 g/mol. The average molecular weight is 1060 g/mol. The summed E-state index contributed by atoms with van der Waals surface area (Å²) in [6, 6.07) is 0. The van der Waals surface area contributed by atoms with E-state index in [0.717, 1.165) is 73.8 Å². The summed E-state index contributed by atoms with van der Waals surface area (Å²) in [6.45, 7) is 25.7. The van der Waals surface area contributed by atoms with Gasteiger partial charge in [-0.25, -0.2) is 0 Å². The predicted molar refractivity (Wildman–Crippen MR) is 331 cm³/mol. The summed E-state index contributed by atoms with van der Waals surface area (Å²) in [5, 5.41) is 3.36. The Balaban J connectivity index is 2.36. The molecule has 10 unspecified atom stereocenters. The minimum absolute atomic E-state index is 0.354. The van der Waals surface area contributed by atoms with E-state index >= 15 is 0 Å². The normalized spacial score (nSPS) is 24.7. The maximum atomic E-state index is 5.16. The van der Waals surface area contributed by atoms with Gasteiger partial charge in [-0.15, -0.1) is 13.2 Å². The van der Waals surface area contributed by atoms with E-state index in [4.69, 9.17) is 12.6 Å². The standard InChI is InChI=1S/C60H114S7/c1-12-37-64-55-29-22-17-15-19-24-32-57(34-27-21-26-31-55)67-47-52(43-54(48-63-11)60(7,8)9)41-50(45-62-10)40-51(39-49(44-61)42-53(14-3)59(4,5)6)46-66-58-33-25-20-16-18-23-30-56(35-28-36-58)65-38-13-2/h12-13,49-58,61H,1-2,14-48H2,3-11H3. The zero-order valence-corrected chi connectivity index (χ0v) is 51.8. The van der Waals surface area contributed by atoms with Crippen molar-refractivity contribution in [2.75, 3.05) is 52.8 Å². The van der Waals surface area contributed by atoms with Gasteiger partial charge >= 0.3 is 0 Å². The van der Waals surface area contributed by atoms with Crippen molar-refractivity contribution in [3.63, 3.8) is 0 Å². The van der Waals surface area contributed by atoms with Gasteiger partial charge in [-0.2, -0.15) is 83.2 Å². The van der Waals surface area contributed by atoms with Gasteiger partial charge in [0, 0.05) is 32.5 Å². The van der Waals surface area contributed by atoms with Crippen LogP contribution in [-0.2, 0) is 0 Å². The molecule has 0 bridgehead atoms. The molecule has 0 aliphatic heterocycles. The number of hydrogen-bond donors (Lipinski definition) is 1. The largest absolute Gasteiger partial charge is 0.179 e. The van der Waals surface area contributed by atoms with Crippen LogP contribution < -0.4 is 0 Å². The highest BCUT2D eigenvalue weighted by molar-refractivity contribution is 8.00. The van der Waals surface area contributed by atoms with Crippen molar-refractivity contribution in [3.05, 3.63) is 25.3 Å². The lowest BCUT2D eigenvalue weighted by Crippen LogP contribution is -2.29. The predicted octanol–water partition coefficient (Wildman–Crippen LogP) is 21.2. The summed E-state index contributed by atoms with van der Waals surface area (Å²) in [7, 11) is 0. The Hall–Kier alpha value is 1.93. The molecule has 396 valence electrons. The number of hydrogen-bond acceptors (Lipinski definition) is 7. The van der Waals surface area contributed by atoms with Crippen LogP contribution in [-0.4, -0.2) is 73.8 Å². The Morgan fingerprint density at radius 1 is 0.433 bits per heavy atom. The first kappa shape index (κ1) is 65.0. The third-order valence-corrected chi connectivity index (χ3v) is 24.0. The van der Waals surface area contributed by atoms with Crippen LogP contribution in [0.2, 0.25) is 0 Å². The summed E-state index contributed by atoms with van der Waals surface area (Å²) < 4.78 is 0. The van der Waals surface area contributed by atoms with E-state index in [-0.39, 0.29) is 0 Å². The lowest BCUT2D eigenvalue weighted by Gasteiger charge is -2.36. The van der Waals surface area contributed by atoms with Crippen molar-refractivity contribution in [2.24, 2.45) is 46.3 Å². The fourth-order valence-electron chi connectivity index (χ4n) is 11.6. The lowest BCUT2D eigenvalue weighted by molar-refractivity contribution is 0.179. The SMILES string of the molecule is C=CCSC1CCCCCCCC(SCC(CC(CSC)CC(CSC2CCCCCCCC(SCC=C)CCC2)CC(CS)CC(CC)C(C)(C)C)CC(CSC)C(C)(C)C)CCCCC1. The number of rotatable bonds is 28. The first-order chi connectivity index (χ1) is 32.3. The van der Waals surface area contributed by atoms with Gasteiger partial charge in [-0.3, -0.25) is 0 Å². The Kier molecular flexibility index (Phi) is 39.1. The molecular formula is C60H114S7. The van der Waals surface area contributed by atoms with Gasteiger partial charge in [0.2, 0.25) is 0 Å². The molecule has 0 spiro atoms.